The van der Waals surface area contributed by atoms with Gasteiger partial charge < -0.3 is 19.7 Å². The van der Waals surface area contributed by atoms with Crippen molar-refractivity contribution in [1.29, 1.82) is 0 Å². The Morgan fingerprint density at radius 3 is 2.47 bits per heavy atom. The van der Waals surface area contributed by atoms with Crippen LogP contribution < -0.4 is 10.1 Å². The Kier molecular flexibility index (Phi) is 8.51. The van der Waals surface area contributed by atoms with E-state index in [1.54, 1.807) is 24.3 Å². The first kappa shape index (κ1) is 25.6. The van der Waals surface area contributed by atoms with E-state index in [4.69, 9.17) is 9.47 Å². The number of nitrogens with zero attached hydrogens (tertiary/aromatic N) is 3. The van der Waals surface area contributed by atoms with Crippen molar-refractivity contribution < 1.29 is 19.1 Å². The molecule has 0 spiro atoms. The summed E-state index contributed by atoms with van der Waals surface area (Å²) >= 11 is 0. The lowest BCUT2D eigenvalue weighted by Crippen LogP contribution is -2.56. The minimum absolute atomic E-state index is 0.199. The van der Waals surface area contributed by atoms with Crippen LogP contribution in [0.4, 0.5) is 0 Å². The van der Waals surface area contributed by atoms with Gasteiger partial charge >= 0.3 is 5.97 Å². The number of ether oxygens (including phenoxy) is 2. The molecule has 36 heavy (non-hydrogen) atoms. The first-order chi connectivity index (χ1) is 17.5. The van der Waals surface area contributed by atoms with Gasteiger partial charge in [-0.3, -0.25) is 19.5 Å². The third kappa shape index (κ3) is 6.19. The number of para-hydroxylation sites is 1. The van der Waals surface area contributed by atoms with Crippen molar-refractivity contribution in [2.45, 2.75) is 26.5 Å². The summed E-state index contributed by atoms with van der Waals surface area (Å²) < 4.78 is 11.0. The Bertz CT molecular complexity index is 1190. The zero-order valence-electron chi connectivity index (χ0n) is 21.2. The van der Waals surface area contributed by atoms with Gasteiger partial charge in [0.05, 0.1) is 12.6 Å². The van der Waals surface area contributed by atoms with E-state index in [0.717, 1.165) is 54.9 Å². The summed E-state index contributed by atoms with van der Waals surface area (Å²) in [7, 11) is 1.38. The average molecular weight is 491 g/mol. The van der Waals surface area contributed by atoms with Gasteiger partial charge in [0.1, 0.15) is 18.4 Å². The normalized spacial score (nSPS) is 15.4. The minimum Gasteiger partial charge on any atom is -0.489 e. The number of amides is 1. The largest absolute Gasteiger partial charge is 0.489 e. The first-order valence-corrected chi connectivity index (χ1v) is 12.4. The van der Waals surface area contributed by atoms with Gasteiger partial charge in [-0.15, -0.1) is 0 Å². The second-order valence-corrected chi connectivity index (χ2v) is 8.97. The van der Waals surface area contributed by atoms with E-state index in [9.17, 15) is 9.59 Å². The van der Waals surface area contributed by atoms with Crippen molar-refractivity contribution in [3.05, 3.63) is 71.4 Å². The molecular weight excluding hydrogens is 456 g/mol. The van der Waals surface area contributed by atoms with Crippen LogP contribution in [0, 0.1) is 6.92 Å². The number of methoxy groups -OCH3 is 1. The molecule has 3 aromatic rings. The predicted molar refractivity (Wildman–Crippen MR) is 139 cm³/mol. The Hall–Kier alpha value is -3.49. The molecule has 0 unspecified atom stereocenters. The van der Waals surface area contributed by atoms with Gasteiger partial charge in [0, 0.05) is 54.9 Å². The van der Waals surface area contributed by atoms with Crippen LogP contribution in [-0.2, 0) is 16.1 Å². The summed E-state index contributed by atoms with van der Waals surface area (Å²) in [5.74, 6) is 0.104. The number of aromatic nitrogens is 1. The molecule has 1 fully saturated rings. The number of hydrogen-bond donors (Lipinski definition) is 1. The third-order valence-electron chi connectivity index (χ3n) is 6.66. The number of pyridine rings is 1. The maximum absolute atomic E-state index is 12.8. The quantitative estimate of drug-likeness (QED) is 0.462. The van der Waals surface area contributed by atoms with Crippen LogP contribution in [-0.4, -0.2) is 79.1 Å². The molecule has 8 heteroatoms. The lowest BCUT2D eigenvalue weighted by Gasteiger charge is -2.37. The van der Waals surface area contributed by atoms with E-state index in [-0.39, 0.29) is 18.4 Å². The number of carbonyl (C=O) groups excluding carboxylic acids is 2. The second-order valence-electron chi connectivity index (χ2n) is 8.97. The van der Waals surface area contributed by atoms with Crippen LogP contribution in [0.3, 0.4) is 0 Å². The highest BCUT2D eigenvalue weighted by atomic mass is 16.5. The topological polar surface area (TPSA) is 84.0 Å². The van der Waals surface area contributed by atoms with Crippen molar-refractivity contribution >= 4 is 22.8 Å². The first-order valence-electron chi connectivity index (χ1n) is 12.4. The lowest BCUT2D eigenvalue weighted by atomic mass is 10.1. The third-order valence-corrected chi connectivity index (χ3v) is 6.66. The second kappa shape index (κ2) is 12.0. The zero-order valence-corrected chi connectivity index (χ0v) is 21.2. The van der Waals surface area contributed by atoms with Gasteiger partial charge in [-0.25, -0.2) is 0 Å². The fourth-order valence-electron chi connectivity index (χ4n) is 4.56. The SMILES string of the molecule is CCN1CCN([C@@H](CNC(=O)c2ccc(OCc3cc(C)nc4ccccc34)cc2)C(=O)OC)CC1. The van der Waals surface area contributed by atoms with Crippen molar-refractivity contribution in [3.63, 3.8) is 0 Å². The van der Waals surface area contributed by atoms with Crippen molar-refractivity contribution in [2.24, 2.45) is 0 Å². The number of piperazine rings is 1. The number of aryl methyl sites for hydroxylation is 1. The molecule has 2 heterocycles. The van der Waals surface area contributed by atoms with Gasteiger partial charge in [-0.2, -0.15) is 0 Å². The maximum atomic E-state index is 12.8. The van der Waals surface area contributed by atoms with Crippen LogP contribution in [0.2, 0.25) is 0 Å². The van der Waals surface area contributed by atoms with Gasteiger partial charge in [0.2, 0.25) is 0 Å². The predicted octanol–water partition coefficient (Wildman–Crippen LogP) is 3.03. The summed E-state index contributed by atoms with van der Waals surface area (Å²) in [5.41, 5.74) is 3.46. The standard InChI is InChI=1S/C28H34N4O4/c1-4-31-13-15-32(16-14-31)26(28(34)35-3)18-29-27(33)21-9-11-23(12-10-21)36-19-22-17-20(2)30-25-8-6-5-7-24(22)25/h5-12,17,26H,4,13-16,18-19H2,1-3H3,(H,29,33)/t26-/m0/s1. The molecule has 1 aliphatic heterocycles. The highest BCUT2D eigenvalue weighted by Crippen LogP contribution is 2.21. The molecule has 0 saturated carbocycles. The monoisotopic (exact) mass is 490 g/mol. The molecule has 2 aromatic carbocycles. The fourth-order valence-corrected chi connectivity index (χ4v) is 4.56. The zero-order chi connectivity index (χ0) is 25.5. The summed E-state index contributed by atoms with van der Waals surface area (Å²) in [6.07, 6.45) is 0. The van der Waals surface area contributed by atoms with Crippen LogP contribution in [0.1, 0.15) is 28.5 Å². The number of fused-ring (bicyclic) bond motifs is 1. The molecule has 0 aliphatic carbocycles. The molecule has 1 aromatic heterocycles. The summed E-state index contributed by atoms with van der Waals surface area (Å²) in [5, 5.41) is 3.96. The summed E-state index contributed by atoms with van der Waals surface area (Å²) in [6, 6.07) is 16.6. The van der Waals surface area contributed by atoms with Crippen LogP contribution >= 0.6 is 0 Å². The Balaban J connectivity index is 1.34. The number of carbonyl (C=O) groups is 2. The van der Waals surface area contributed by atoms with Crippen molar-refractivity contribution in [3.8, 4) is 5.75 Å². The van der Waals surface area contributed by atoms with Crippen molar-refractivity contribution in [2.75, 3.05) is 46.4 Å². The Morgan fingerprint density at radius 1 is 1.06 bits per heavy atom. The fraction of sp³-hybridized carbons (Fsp3) is 0.393. The smallest absolute Gasteiger partial charge is 0.324 e. The van der Waals surface area contributed by atoms with E-state index >= 15 is 0 Å². The number of nitrogens with one attached hydrogen (secondary N) is 1. The molecular formula is C28H34N4O4. The van der Waals surface area contributed by atoms with Gasteiger partial charge in [0.15, 0.2) is 0 Å². The molecule has 1 atom stereocenters. The van der Waals surface area contributed by atoms with Gasteiger partial charge in [-0.1, -0.05) is 25.1 Å². The van der Waals surface area contributed by atoms with Crippen molar-refractivity contribution in [1.82, 2.24) is 20.1 Å². The molecule has 8 nitrogen and oxygen atoms in total. The Labute approximate surface area is 212 Å². The molecule has 0 radical (unpaired) electrons. The van der Waals surface area contributed by atoms with Gasteiger partial charge in [0.25, 0.3) is 5.91 Å². The number of benzene rings is 2. The molecule has 4 rings (SSSR count). The number of hydrogen-bond acceptors (Lipinski definition) is 7. The highest BCUT2D eigenvalue weighted by molar-refractivity contribution is 5.94. The van der Waals surface area contributed by atoms with E-state index in [1.807, 2.05) is 37.3 Å². The molecule has 190 valence electrons. The van der Waals surface area contributed by atoms with E-state index in [1.165, 1.54) is 7.11 Å². The van der Waals surface area contributed by atoms with E-state index in [2.05, 4.69) is 27.0 Å². The van der Waals surface area contributed by atoms with Crippen LogP contribution in [0.25, 0.3) is 10.9 Å². The maximum Gasteiger partial charge on any atom is 0.324 e. The van der Waals surface area contributed by atoms with Crippen LogP contribution in [0.15, 0.2) is 54.6 Å². The highest BCUT2D eigenvalue weighted by Gasteiger charge is 2.30. The summed E-state index contributed by atoms with van der Waals surface area (Å²) in [6.45, 7) is 9.02. The molecule has 1 amide bonds. The molecule has 1 aliphatic rings. The Morgan fingerprint density at radius 2 is 1.78 bits per heavy atom. The number of esters is 1. The average Bonchev–Trinajstić information content (AvgIpc) is 2.92. The van der Waals surface area contributed by atoms with E-state index < -0.39 is 6.04 Å². The molecule has 0 bridgehead atoms. The van der Waals surface area contributed by atoms with E-state index in [0.29, 0.717) is 17.9 Å². The van der Waals surface area contributed by atoms with Gasteiger partial charge in [-0.05, 0) is 49.9 Å². The summed E-state index contributed by atoms with van der Waals surface area (Å²) in [4.78, 5) is 34.2. The number of rotatable bonds is 9. The molecule has 1 N–H and O–H groups in total. The molecule has 1 saturated heterocycles. The van der Waals surface area contributed by atoms with Crippen LogP contribution in [0.5, 0.6) is 5.75 Å². The minimum atomic E-state index is -0.501. The number of likely N-dealkylation sites (N-methyl/N-ethyl adjacent to an activating group) is 1. The lowest BCUT2D eigenvalue weighted by molar-refractivity contribution is -0.147.